The van der Waals surface area contributed by atoms with E-state index in [-0.39, 0.29) is 17.2 Å². The standard InChI is InChI=1S/C30H26F5NO5S/c1-18-13-19(2)27(20(3)14-18)42(39,40)36(17-25-11-12-26(41-25)30(33,34)35)16-21-7-9-22(10-8-21)23-5-4-6-24(15-23)29(31,32)28(37)38/h4-15H,16-17H2,1-3H3,(H,37,38). The first kappa shape index (κ1) is 30.9. The number of sulfonamides is 1. The number of furan rings is 1. The van der Waals surface area contributed by atoms with Crippen molar-refractivity contribution in [1.82, 2.24) is 4.31 Å². The maximum atomic E-state index is 14.0. The zero-order valence-electron chi connectivity index (χ0n) is 22.7. The van der Waals surface area contributed by atoms with Crippen molar-refractivity contribution in [3.8, 4) is 11.1 Å². The minimum atomic E-state index is -4.74. The van der Waals surface area contributed by atoms with Gasteiger partial charge in [-0.1, -0.05) is 60.2 Å². The highest BCUT2D eigenvalue weighted by Crippen LogP contribution is 2.34. The number of hydrogen-bond acceptors (Lipinski definition) is 4. The Balaban J connectivity index is 1.69. The highest BCUT2D eigenvalue weighted by Gasteiger charge is 2.41. The van der Waals surface area contributed by atoms with Crippen LogP contribution in [0.3, 0.4) is 0 Å². The summed E-state index contributed by atoms with van der Waals surface area (Å²) in [7, 11) is -4.24. The molecule has 42 heavy (non-hydrogen) atoms. The van der Waals surface area contributed by atoms with E-state index < -0.39 is 46.0 Å². The summed E-state index contributed by atoms with van der Waals surface area (Å²) < 4.78 is 101. The molecule has 4 rings (SSSR count). The van der Waals surface area contributed by atoms with Gasteiger partial charge in [0.15, 0.2) is 0 Å². The minimum Gasteiger partial charge on any atom is -0.477 e. The molecule has 0 saturated heterocycles. The highest BCUT2D eigenvalue weighted by atomic mass is 32.2. The summed E-state index contributed by atoms with van der Waals surface area (Å²) in [5.74, 6) is -7.83. The second-order valence-electron chi connectivity index (χ2n) is 9.92. The number of carboxylic acids is 1. The Kier molecular flexibility index (Phi) is 8.34. The first-order valence-electron chi connectivity index (χ1n) is 12.5. The van der Waals surface area contributed by atoms with Gasteiger partial charge in [-0.15, -0.1) is 0 Å². The van der Waals surface area contributed by atoms with Crippen LogP contribution >= 0.6 is 0 Å². The van der Waals surface area contributed by atoms with Crippen LogP contribution < -0.4 is 0 Å². The summed E-state index contributed by atoms with van der Waals surface area (Å²) in [4.78, 5) is 11.0. The molecule has 0 atom stereocenters. The number of alkyl halides is 5. The van der Waals surface area contributed by atoms with E-state index in [9.17, 15) is 35.2 Å². The van der Waals surface area contributed by atoms with Gasteiger partial charge < -0.3 is 9.52 Å². The van der Waals surface area contributed by atoms with E-state index in [1.807, 2.05) is 6.92 Å². The Hall–Kier alpha value is -4.03. The fourth-order valence-corrected chi connectivity index (χ4v) is 6.55. The van der Waals surface area contributed by atoms with E-state index in [1.54, 1.807) is 50.2 Å². The summed E-state index contributed by atoms with van der Waals surface area (Å²) in [6.07, 6.45) is -4.74. The molecule has 222 valence electrons. The second kappa shape index (κ2) is 11.3. The van der Waals surface area contributed by atoms with Crippen LogP contribution in [-0.2, 0) is 40.0 Å². The monoisotopic (exact) mass is 607 g/mol. The van der Waals surface area contributed by atoms with Crippen LogP contribution in [0.2, 0.25) is 0 Å². The number of benzene rings is 3. The molecule has 0 aliphatic carbocycles. The molecule has 3 aromatic carbocycles. The van der Waals surface area contributed by atoms with Crippen LogP contribution in [0.25, 0.3) is 11.1 Å². The van der Waals surface area contributed by atoms with E-state index in [0.717, 1.165) is 34.1 Å². The number of aryl methyl sites for hydroxylation is 3. The van der Waals surface area contributed by atoms with Crippen molar-refractivity contribution >= 4 is 16.0 Å². The molecule has 6 nitrogen and oxygen atoms in total. The summed E-state index contributed by atoms with van der Waals surface area (Å²) in [5.41, 5.74) is 2.32. The first-order valence-corrected chi connectivity index (χ1v) is 14.0. The molecule has 1 N–H and O–H groups in total. The Morgan fingerprint density at radius 2 is 1.45 bits per heavy atom. The number of nitrogens with zero attached hydrogens (tertiary/aromatic N) is 1. The van der Waals surface area contributed by atoms with Crippen molar-refractivity contribution in [2.75, 3.05) is 0 Å². The van der Waals surface area contributed by atoms with Gasteiger partial charge in [0.1, 0.15) is 5.76 Å². The Labute approximate surface area is 239 Å². The van der Waals surface area contributed by atoms with Crippen LogP contribution in [0.15, 0.2) is 82.1 Å². The number of rotatable bonds is 9. The van der Waals surface area contributed by atoms with Crippen molar-refractivity contribution in [3.05, 3.63) is 112 Å². The zero-order chi connectivity index (χ0) is 31.0. The Bertz CT molecular complexity index is 1700. The zero-order valence-corrected chi connectivity index (χ0v) is 23.5. The van der Waals surface area contributed by atoms with Gasteiger partial charge >= 0.3 is 18.1 Å². The van der Waals surface area contributed by atoms with Crippen molar-refractivity contribution in [2.24, 2.45) is 0 Å². The Morgan fingerprint density at radius 1 is 0.833 bits per heavy atom. The second-order valence-corrected chi connectivity index (χ2v) is 11.8. The third-order valence-electron chi connectivity index (χ3n) is 6.62. The summed E-state index contributed by atoms with van der Waals surface area (Å²) in [5, 5.41) is 8.85. The van der Waals surface area contributed by atoms with Gasteiger partial charge in [0.25, 0.3) is 0 Å². The molecule has 0 aliphatic rings. The van der Waals surface area contributed by atoms with E-state index in [2.05, 4.69) is 0 Å². The molecule has 0 bridgehead atoms. The van der Waals surface area contributed by atoms with Crippen molar-refractivity contribution < 1.29 is 44.7 Å². The van der Waals surface area contributed by atoms with E-state index in [4.69, 9.17) is 9.52 Å². The maximum absolute atomic E-state index is 14.0. The van der Waals surface area contributed by atoms with Crippen LogP contribution in [0, 0.1) is 20.8 Å². The lowest BCUT2D eigenvalue weighted by atomic mass is 9.99. The smallest absolute Gasteiger partial charge is 0.449 e. The van der Waals surface area contributed by atoms with Crippen LogP contribution in [-0.4, -0.2) is 23.8 Å². The van der Waals surface area contributed by atoms with E-state index in [1.165, 1.54) is 12.1 Å². The molecule has 0 fully saturated rings. The van der Waals surface area contributed by atoms with Gasteiger partial charge in [0, 0.05) is 12.1 Å². The maximum Gasteiger partial charge on any atom is 0.449 e. The number of hydrogen-bond donors (Lipinski definition) is 1. The average Bonchev–Trinajstić information content (AvgIpc) is 3.37. The molecule has 0 saturated carbocycles. The predicted molar refractivity (Wildman–Crippen MR) is 144 cm³/mol. The molecule has 0 unspecified atom stereocenters. The lowest BCUT2D eigenvalue weighted by Gasteiger charge is -2.24. The molecule has 0 spiro atoms. The van der Waals surface area contributed by atoms with Gasteiger partial charge in [-0.05, 0) is 66.8 Å². The Morgan fingerprint density at radius 3 is 2.00 bits per heavy atom. The third-order valence-corrected chi connectivity index (χ3v) is 8.71. The van der Waals surface area contributed by atoms with Gasteiger partial charge in [-0.25, -0.2) is 13.2 Å². The summed E-state index contributed by atoms with van der Waals surface area (Å²) in [6.45, 7) is 4.36. The molecule has 4 aromatic rings. The minimum absolute atomic E-state index is 0.0310. The molecule has 1 heterocycles. The summed E-state index contributed by atoms with van der Waals surface area (Å²) >= 11 is 0. The number of aliphatic carboxylic acids is 1. The predicted octanol–water partition coefficient (Wildman–Crippen LogP) is 7.46. The largest absolute Gasteiger partial charge is 0.477 e. The first-order chi connectivity index (χ1) is 19.5. The normalized spacial score (nSPS) is 12.6. The molecular weight excluding hydrogens is 581 g/mol. The molecular formula is C30H26F5NO5S. The lowest BCUT2D eigenvalue weighted by Crippen LogP contribution is -2.31. The average molecular weight is 608 g/mol. The van der Waals surface area contributed by atoms with Gasteiger partial charge in [0.05, 0.1) is 11.4 Å². The number of halogens is 5. The van der Waals surface area contributed by atoms with Crippen LogP contribution in [0.5, 0.6) is 0 Å². The molecule has 1 aromatic heterocycles. The topological polar surface area (TPSA) is 87.8 Å². The van der Waals surface area contributed by atoms with E-state index >= 15 is 0 Å². The quantitative estimate of drug-likeness (QED) is 0.200. The van der Waals surface area contributed by atoms with Crippen LogP contribution in [0.4, 0.5) is 22.0 Å². The fraction of sp³-hybridized carbons (Fsp3) is 0.233. The van der Waals surface area contributed by atoms with Gasteiger partial charge in [-0.3, -0.25) is 0 Å². The van der Waals surface area contributed by atoms with Gasteiger partial charge in [-0.2, -0.15) is 26.3 Å². The van der Waals surface area contributed by atoms with Crippen molar-refractivity contribution in [3.63, 3.8) is 0 Å². The van der Waals surface area contributed by atoms with Gasteiger partial charge in [0.2, 0.25) is 15.8 Å². The molecule has 0 amide bonds. The SMILES string of the molecule is Cc1cc(C)c(S(=O)(=O)N(Cc2ccc(-c3cccc(C(F)(F)C(=O)O)c3)cc2)Cc2ccc(C(F)(F)F)o2)c(C)c1. The molecule has 0 aliphatic heterocycles. The number of carboxylic acid groups (broad SMARTS) is 1. The fourth-order valence-electron chi connectivity index (χ4n) is 4.74. The van der Waals surface area contributed by atoms with Crippen molar-refractivity contribution in [2.45, 2.75) is 50.9 Å². The number of carbonyl (C=O) groups is 1. The molecule has 12 heteroatoms. The van der Waals surface area contributed by atoms with Crippen LogP contribution in [0.1, 0.15) is 39.3 Å². The van der Waals surface area contributed by atoms with Crippen molar-refractivity contribution in [1.29, 1.82) is 0 Å². The highest BCUT2D eigenvalue weighted by molar-refractivity contribution is 7.89. The molecule has 0 radical (unpaired) electrons. The summed E-state index contributed by atoms with van der Waals surface area (Å²) in [6, 6.07) is 16.3. The lowest BCUT2D eigenvalue weighted by molar-refractivity contribution is -0.166. The third kappa shape index (κ3) is 6.39. The van der Waals surface area contributed by atoms with E-state index in [0.29, 0.717) is 27.8 Å².